The van der Waals surface area contributed by atoms with Gasteiger partial charge in [-0.1, -0.05) is 30.4 Å². The fourth-order valence-electron chi connectivity index (χ4n) is 2.74. The summed E-state index contributed by atoms with van der Waals surface area (Å²) in [6.07, 6.45) is -0.684. The first kappa shape index (κ1) is 16.1. The van der Waals surface area contributed by atoms with Gasteiger partial charge in [0.15, 0.2) is 6.10 Å². The lowest BCUT2D eigenvalue weighted by molar-refractivity contribution is -0.126. The lowest BCUT2D eigenvalue weighted by Gasteiger charge is -2.34. The number of anilines is 1. The normalized spacial score (nSPS) is 16.5. The number of phenols is 1. The van der Waals surface area contributed by atoms with Crippen molar-refractivity contribution in [1.82, 2.24) is 0 Å². The Bertz CT molecular complexity index is 803. The van der Waals surface area contributed by atoms with Crippen LogP contribution in [0, 0.1) is 5.82 Å². The van der Waals surface area contributed by atoms with E-state index in [4.69, 9.17) is 4.74 Å². The van der Waals surface area contributed by atoms with E-state index in [1.807, 2.05) is 6.92 Å². The van der Waals surface area contributed by atoms with E-state index in [0.717, 1.165) is 5.57 Å². The smallest absolute Gasteiger partial charge is 0.268 e. The number of phenolic OH excluding ortho intramolecular Hbond substituents is 1. The Morgan fingerprint density at radius 3 is 2.79 bits per heavy atom. The molecule has 2 aromatic carbocycles. The van der Waals surface area contributed by atoms with Gasteiger partial charge in [0, 0.05) is 19.0 Å². The highest BCUT2D eigenvalue weighted by molar-refractivity contribution is 6.00. The van der Waals surface area contributed by atoms with Crippen molar-refractivity contribution >= 4 is 11.6 Å². The summed E-state index contributed by atoms with van der Waals surface area (Å²) in [6.45, 7) is 5.97. The number of benzene rings is 2. The molecule has 1 N–H and O–H groups in total. The van der Waals surface area contributed by atoms with Crippen LogP contribution in [-0.2, 0) is 11.2 Å². The number of ether oxygens (including phenoxy) is 1. The largest absolute Gasteiger partial charge is 0.508 e. The topological polar surface area (TPSA) is 49.8 Å². The predicted molar refractivity (Wildman–Crippen MR) is 89.8 cm³/mol. The SMILES string of the molecule is C=C(C)CN1C(=O)C(Cc2ccccc2F)Oc2ccc(O)cc21. The lowest BCUT2D eigenvalue weighted by Crippen LogP contribution is -2.47. The number of hydrogen-bond donors (Lipinski definition) is 1. The summed E-state index contributed by atoms with van der Waals surface area (Å²) in [4.78, 5) is 14.3. The van der Waals surface area contributed by atoms with Gasteiger partial charge in [0.2, 0.25) is 0 Å². The van der Waals surface area contributed by atoms with Gasteiger partial charge in [-0.05, 0) is 30.7 Å². The van der Waals surface area contributed by atoms with Crippen molar-refractivity contribution in [3.8, 4) is 11.5 Å². The summed E-state index contributed by atoms with van der Waals surface area (Å²) >= 11 is 0. The Hall–Kier alpha value is -2.82. The molecule has 4 nitrogen and oxygen atoms in total. The third-order valence-electron chi connectivity index (χ3n) is 3.84. The Morgan fingerprint density at radius 2 is 2.08 bits per heavy atom. The molecule has 1 amide bonds. The quantitative estimate of drug-likeness (QED) is 0.875. The number of nitrogens with zero attached hydrogens (tertiary/aromatic N) is 1. The summed E-state index contributed by atoms with van der Waals surface area (Å²) < 4.78 is 19.7. The van der Waals surface area contributed by atoms with E-state index in [2.05, 4.69) is 6.58 Å². The molecule has 3 rings (SSSR count). The number of fused-ring (bicyclic) bond motifs is 1. The first-order valence-corrected chi connectivity index (χ1v) is 7.64. The summed E-state index contributed by atoms with van der Waals surface area (Å²) in [5, 5.41) is 9.70. The maximum absolute atomic E-state index is 13.9. The fourth-order valence-corrected chi connectivity index (χ4v) is 2.74. The molecule has 1 unspecified atom stereocenters. The number of amides is 1. The van der Waals surface area contributed by atoms with E-state index in [1.165, 1.54) is 23.1 Å². The molecule has 0 saturated heterocycles. The van der Waals surface area contributed by atoms with Gasteiger partial charge in [0.25, 0.3) is 5.91 Å². The predicted octanol–water partition coefficient (Wildman–Crippen LogP) is 3.44. The van der Waals surface area contributed by atoms with Gasteiger partial charge >= 0.3 is 0 Å². The maximum Gasteiger partial charge on any atom is 0.268 e. The minimum atomic E-state index is -0.821. The highest BCUT2D eigenvalue weighted by Crippen LogP contribution is 2.37. The van der Waals surface area contributed by atoms with Crippen LogP contribution in [0.15, 0.2) is 54.6 Å². The summed E-state index contributed by atoms with van der Waals surface area (Å²) in [5.41, 5.74) is 1.71. The Kier molecular flexibility index (Phi) is 4.25. The summed E-state index contributed by atoms with van der Waals surface area (Å²) in [7, 11) is 0. The zero-order valence-corrected chi connectivity index (χ0v) is 13.3. The molecule has 0 fully saturated rings. The van der Waals surface area contributed by atoms with Crippen LogP contribution in [0.5, 0.6) is 11.5 Å². The van der Waals surface area contributed by atoms with Crippen LogP contribution < -0.4 is 9.64 Å². The van der Waals surface area contributed by atoms with Crippen LogP contribution in [0.3, 0.4) is 0 Å². The average Bonchev–Trinajstić information content (AvgIpc) is 2.53. The van der Waals surface area contributed by atoms with E-state index in [9.17, 15) is 14.3 Å². The summed E-state index contributed by atoms with van der Waals surface area (Å²) in [5.74, 6) is -0.115. The molecule has 0 radical (unpaired) electrons. The highest BCUT2D eigenvalue weighted by Gasteiger charge is 2.35. The molecule has 24 heavy (non-hydrogen) atoms. The fraction of sp³-hybridized carbons (Fsp3) is 0.211. The van der Waals surface area contributed by atoms with Gasteiger partial charge in [0.05, 0.1) is 5.69 Å². The number of hydrogen-bond acceptors (Lipinski definition) is 3. The van der Waals surface area contributed by atoms with Crippen molar-refractivity contribution in [2.45, 2.75) is 19.4 Å². The van der Waals surface area contributed by atoms with Crippen molar-refractivity contribution in [2.75, 3.05) is 11.4 Å². The van der Waals surface area contributed by atoms with E-state index < -0.39 is 6.10 Å². The van der Waals surface area contributed by atoms with Crippen molar-refractivity contribution in [3.63, 3.8) is 0 Å². The van der Waals surface area contributed by atoms with Crippen LogP contribution in [-0.4, -0.2) is 23.7 Å². The van der Waals surface area contributed by atoms with Gasteiger partial charge in [-0.15, -0.1) is 0 Å². The van der Waals surface area contributed by atoms with Crippen molar-refractivity contribution in [2.24, 2.45) is 0 Å². The number of rotatable bonds is 4. The van der Waals surface area contributed by atoms with Gasteiger partial charge in [-0.25, -0.2) is 4.39 Å². The second-order valence-electron chi connectivity index (χ2n) is 5.94. The molecule has 0 bridgehead atoms. The molecule has 0 aliphatic carbocycles. The molecule has 5 heteroatoms. The second-order valence-corrected chi connectivity index (χ2v) is 5.94. The average molecular weight is 327 g/mol. The third-order valence-corrected chi connectivity index (χ3v) is 3.84. The maximum atomic E-state index is 13.9. The van der Waals surface area contributed by atoms with Gasteiger partial charge < -0.3 is 14.7 Å². The van der Waals surface area contributed by atoms with Gasteiger partial charge in [-0.3, -0.25) is 4.79 Å². The zero-order chi connectivity index (χ0) is 17.3. The summed E-state index contributed by atoms with van der Waals surface area (Å²) in [6, 6.07) is 10.9. The number of halogens is 1. The molecule has 0 spiro atoms. The van der Waals surface area contributed by atoms with E-state index in [1.54, 1.807) is 24.3 Å². The Labute approximate surface area is 139 Å². The molecule has 1 aliphatic rings. The molecular formula is C19H18FNO3. The van der Waals surface area contributed by atoms with E-state index in [0.29, 0.717) is 23.5 Å². The molecule has 1 heterocycles. The van der Waals surface area contributed by atoms with Crippen LogP contribution in [0.2, 0.25) is 0 Å². The molecule has 124 valence electrons. The lowest BCUT2D eigenvalue weighted by atomic mass is 10.0. The Balaban J connectivity index is 1.95. The zero-order valence-electron chi connectivity index (χ0n) is 13.3. The Morgan fingerprint density at radius 1 is 1.33 bits per heavy atom. The van der Waals surface area contributed by atoms with E-state index in [-0.39, 0.29) is 23.9 Å². The van der Waals surface area contributed by atoms with Crippen LogP contribution in [0.4, 0.5) is 10.1 Å². The first-order chi connectivity index (χ1) is 11.5. The van der Waals surface area contributed by atoms with Crippen molar-refractivity contribution < 1.29 is 19.0 Å². The first-order valence-electron chi connectivity index (χ1n) is 7.64. The van der Waals surface area contributed by atoms with E-state index >= 15 is 0 Å². The second kappa shape index (κ2) is 6.35. The molecule has 1 aliphatic heterocycles. The van der Waals surface area contributed by atoms with Crippen molar-refractivity contribution in [3.05, 3.63) is 66.0 Å². The monoisotopic (exact) mass is 327 g/mol. The number of carbonyl (C=O) groups excluding carboxylic acids is 1. The molecule has 2 aromatic rings. The van der Waals surface area contributed by atoms with Crippen LogP contribution in [0.25, 0.3) is 0 Å². The van der Waals surface area contributed by atoms with Crippen LogP contribution >= 0.6 is 0 Å². The number of carbonyl (C=O) groups is 1. The van der Waals surface area contributed by atoms with Gasteiger partial charge in [-0.2, -0.15) is 0 Å². The third kappa shape index (κ3) is 3.11. The van der Waals surface area contributed by atoms with Crippen LogP contribution in [0.1, 0.15) is 12.5 Å². The number of aromatic hydroxyl groups is 1. The minimum absolute atomic E-state index is 0.0458. The van der Waals surface area contributed by atoms with Gasteiger partial charge in [0.1, 0.15) is 17.3 Å². The molecule has 1 atom stereocenters. The molecule has 0 saturated carbocycles. The minimum Gasteiger partial charge on any atom is -0.508 e. The van der Waals surface area contributed by atoms with Crippen molar-refractivity contribution in [1.29, 1.82) is 0 Å². The standard InChI is InChI=1S/C19H18FNO3/c1-12(2)11-21-16-10-14(22)7-8-17(16)24-18(19(21)23)9-13-5-3-4-6-15(13)20/h3-8,10,18,22H,1,9,11H2,2H3. The highest BCUT2D eigenvalue weighted by atomic mass is 19.1. The molecular weight excluding hydrogens is 309 g/mol. The molecule has 0 aromatic heterocycles.